The monoisotopic (exact) mass is 216 g/mol. The average Bonchev–Trinajstić information content (AvgIpc) is 2.56. The number of nitrogens with zero attached hydrogens (tertiary/aromatic N) is 1. The number of aromatic nitrogens is 1. The van der Waals surface area contributed by atoms with E-state index in [0.29, 0.717) is 6.54 Å². The molecule has 0 radical (unpaired) electrons. The number of hydrogen-bond donors (Lipinski definition) is 1. The van der Waals surface area contributed by atoms with Gasteiger partial charge in [0.15, 0.2) is 5.78 Å². The predicted molar refractivity (Wildman–Crippen MR) is 65.9 cm³/mol. The van der Waals surface area contributed by atoms with Crippen molar-refractivity contribution in [1.29, 1.82) is 0 Å². The summed E-state index contributed by atoms with van der Waals surface area (Å²) in [5, 5.41) is 3.94. The lowest BCUT2D eigenvalue weighted by atomic mass is 10.1. The minimum atomic E-state index is 0.138. The Morgan fingerprint density at radius 1 is 1.44 bits per heavy atom. The number of benzene rings is 1. The first-order valence-electron chi connectivity index (χ1n) is 5.37. The number of nitrogens with one attached hydrogen (secondary N) is 1. The summed E-state index contributed by atoms with van der Waals surface area (Å²) in [6.45, 7) is 2.42. The van der Waals surface area contributed by atoms with E-state index in [1.165, 1.54) is 5.56 Å². The van der Waals surface area contributed by atoms with E-state index < -0.39 is 0 Å². The van der Waals surface area contributed by atoms with Crippen LogP contribution < -0.4 is 5.32 Å². The molecule has 0 aliphatic rings. The number of fused-ring (bicyclic) bond motifs is 1. The highest BCUT2D eigenvalue weighted by Gasteiger charge is 2.12. The summed E-state index contributed by atoms with van der Waals surface area (Å²) < 4.78 is 2.00. The number of carbonyl (C=O) groups excluding carboxylic acids is 1. The lowest BCUT2D eigenvalue weighted by Gasteiger charge is -1.99. The van der Waals surface area contributed by atoms with Crippen molar-refractivity contribution in [1.82, 2.24) is 9.88 Å². The molecule has 1 aromatic carbocycles. The minimum Gasteiger partial charge on any atom is -0.350 e. The normalized spacial score (nSPS) is 10.9. The number of carbonyl (C=O) groups is 1. The van der Waals surface area contributed by atoms with Gasteiger partial charge in [0.25, 0.3) is 0 Å². The lowest BCUT2D eigenvalue weighted by Crippen LogP contribution is -2.18. The van der Waals surface area contributed by atoms with Crippen LogP contribution >= 0.6 is 0 Å². The molecular weight excluding hydrogens is 200 g/mol. The minimum absolute atomic E-state index is 0.138. The molecular formula is C13H16N2O. The molecule has 0 fully saturated rings. The van der Waals surface area contributed by atoms with Gasteiger partial charge in [-0.2, -0.15) is 0 Å². The molecule has 0 spiro atoms. The topological polar surface area (TPSA) is 34.0 Å². The largest absolute Gasteiger partial charge is 0.350 e. The standard InChI is InChI=1S/C13H16N2O/c1-9-4-5-12-10(6-9)11(8-15(12)3)13(16)7-14-2/h4-6,8,14H,7H2,1-3H3. The molecule has 0 aliphatic heterocycles. The number of aryl methyl sites for hydroxylation is 2. The molecule has 2 aromatic rings. The van der Waals surface area contributed by atoms with E-state index in [-0.39, 0.29) is 5.78 Å². The van der Waals surface area contributed by atoms with Crippen LogP contribution in [0.25, 0.3) is 10.9 Å². The van der Waals surface area contributed by atoms with Crippen LogP contribution in [0.1, 0.15) is 15.9 Å². The molecule has 0 unspecified atom stereocenters. The SMILES string of the molecule is CNCC(=O)c1cn(C)c2ccc(C)cc12. The smallest absolute Gasteiger partial charge is 0.178 e. The Morgan fingerprint density at radius 3 is 2.88 bits per heavy atom. The zero-order valence-electron chi connectivity index (χ0n) is 9.87. The van der Waals surface area contributed by atoms with E-state index in [0.717, 1.165) is 16.5 Å². The van der Waals surface area contributed by atoms with Gasteiger partial charge in [0.2, 0.25) is 0 Å². The van der Waals surface area contributed by atoms with Crippen molar-refractivity contribution in [2.24, 2.45) is 7.05 Å². The van der Waals surface area contributed by atoms with E-state index in [1.807, 2.05) is 24.7 Å². The van der Waals surface area contributed by atoms with Crippen molar-refractivity contribution in [2.75, 3.05) is 13.6 Å². The second kappa shape index (κ2) is 4.10. The fraction of sp³-hybridized carbons (Fsp3) is 0.308. The Hall–Kier alpha value is -1.61. The van der Waals surface area contributed by atoms with Crippen molar-refractivity contribution in [3.8, 4) is 0 Å². The van der Waals surface area contributed by atoms with Crippen molar-refractivity contribution >= 4 is 16.7 Å². The highest BCUT2D eigenvalue weighted by atomic mass is 16.1. The van der Waals surface area contributed by atoms with Crippen LogP contribution in [0.2, 0.25) is 0 Å². The molecule has 1 aromatic heterocycles. The molecule has 0 bridgehead atoms. The number of likely N-dealkylation sites (N-methyl/N-ethyl adjacent to an activating group) is 1. The Kier molecular flexibility index (Phi) is 2.79. The summed E-state index contributed by atoms with van der Waals surface area (Å²) >= 11 is 0. The molecule has 84 valence electrons. The maximum absolute atomic E-state index is 11.9. The van der Waals surface area contributed by atoms with Gasteiger partial charge in [-0.25, -0.2) is 0 Å². The summed E-state index contributed by atoms with van der Waals surface area (Å²) in [7, 11) is 3.75. The van der Waals surface area contributed by atoms with Crippen molar-refractivity contribution in [2.45, 2.75) is 6.92 Å². The zero-order valence-corrected chi connectivity index (χ0v) is 9.87. The predicted octanol–water partition coefficient (Wildman–Crippen LogP) is 1.89. The Morgan fingerprint density at radius 2 is 2.19 bits per heavy atom. The molecule has 1 N–H and O–H groups in total. The number of Topliss-reactive ketones (excluding diaryl/α,β-unsaturated/α-hetero) is 1. The molecule has 3 nitrogen and oxygen atoms in total. The van der Waals surface area contributed by atoms with Crippen LogP contribution in [-0.2, 0) is 7.05 Å². The second-order valence-electron chi connectivity index (χ2n) is 4.13. The van der Waals surface area contributed by atoms with E-state index in [1.54, 1.807) is 7.05 Å². The first-order chi connectivity index (χ1) is 7.63. The molecule has 0 saturated heterocycles. The quantitative estimate of drug-likeness (QED) is 0.795. The van der Waals surface area contributed by atoms with Gasteiger partial charge in [0, 0.05) is 29.7 Å². The molecule has 1 heterocycles. The van der Waals surface area contributed by atoms with Gasteiger partial charge in [0.05, 0.1) is 6.54 Å². The first-order valence-corrected chi connectivity index (χ1v) is 5.37. The van der Waals surface area contributed by atoms with Crippen LogP contribution in [-0.4, -0.2) is 23.9 Å². The highest BCUT2D eigenvalue weighted by Crippen LogP contribution is 2.22. The summed E-state index contributed by atoms with van der Waals surface area (Å²) in [6.07, 6.45) is 1.91. The van der Waals surface area contributed by atoms with Gasteiger partial charge in [-0.1, -0.05) is 11.6 Å². The van der Waals surface area contributed by atoms with Gasteiger partial charge in [0.1, 0.15) is 0 Å². The number of rotatable bonds is 3. The van der Waals surface area contributed by atoms with Crippen LogP contribution in [0.5, 0.6) is 0 Å². The van der Waals surface area contributed by atoms with Crippen LogP contribution in [0, 0.1) is 6.92 Å². The molecule has 0 amide bonds. The summed E-state index contributed by atoms with van der Waals surface area (Å²) in [6, 6.07) is 6.19. The molecule has 0 aliphatic carbocycles. The van der Waals surface area contributed by atoms with Gasteiger partial charge < -0.3 is 9.88 Å². The fourth-order valence-electron chi connectivity index (χ4n) is 1.98. The lowest BCUT2D eigenvalue weighted by molar-refractivity contribution is 0.0995. The Balaban J connectivity index is 2.61. The second-order valence-corrected chi connectivity index (χ2v) is 4.13. The Bertz CT molecular complexity index is 540. The summed E-state index contributed by atoms with van der Waals surface area (Å²) in [5.74, 6) is 0.138. The van der Waals surface area contributed by atoms with E-state index in [2.05, 4.69) is 23.5 Å². The van der Waals surface area contributed by atoms with Crippen LogP contribution in [0.15, 0.2) is 24.4 Å². The third-order valence-corrected chi connectivity index (χ3v) is 2.78. The van der Waals surface area contributed by atoms with E-state index in [9.17, 15) is 4.79 Å². The van der Waals surface area contributed by atoms with Crippen molar-refractivity contribution in [3.05, 3.63) is 35.5 Å². The van der Waals surface area contributed by atoms with Gasteiger partial charge in [-0.3, -0.25) is 4.79 Å². The Labute approximate surface area is 95.1 Å². The van der Waals surface area contributed by atoms with E-state index in [4.69, 9.17) is 0 Å². The first kappa shape index (κ1) is 10.9. The molecule has 3 heteroatoms. The third kappa shape index (κ3) is 1.74. The highest BCUT2D eigenvalue weighted by molar-refractivity contribution is 6.09. The average molecular weight is 216 g/mol. The maximum atomic E-state index is 11.9. The van der Waals surface area contributed by atoms with E-state index >= 15 is 0 Å². The van der Waals surface area contributed by atoms with Gasteiger partial charge in [-0.15, -0.1) is 0 Å². The van der Waals surface area contributed by atoms with Crippen LogP contribution in [0.3, 0.4) is 0 Å². The summed E-state index contributed by atoms with van der Waals surface area (Å²) in [4.78, 5) is 11.9. The van der Waals surface area contributed by atoms with Gasteiger partial charge >= 0.3 is 0 Å². The molecule has 2 rings (SSSR count). The number of ketones is 1. The van der Waals surface area contributed by atoms with Crippen molar-refractivity contribution in [3.63, 3.8) is 0 Å². The zero-order chi connectivity index (χ0) is 11.7. The van der Waals surface area contributed by atoms with Crippen molar-refractivity contribution < 1.29 is 4.79 Å². The molecule has 0 saturated carbocycles. The molecule has 16 heavy (non-hydrogen) atoms. The maximum Gasteiger partial charge on any atom is 0.178 e. The summed E-state index contributed by atoms with van der Waals surface area (Å²) in [5.41, 5.74) is 3.08. The van der Waals surface area contributed by atoms with Crippen LogP contribution in [0.4, 0.5) is 0 Å². The third-order valence-electron chi connectivity index (χ3n) is 2.78. The van der Waals surface area contributed by atoms with Gasteiger partial charge in [-0.05, 0) is 26.1 Å². The fourth-order valence-corrected chi connectivity index (χ4v) is 1.98. The molecule has 0 atom stereocenters. The number of hydrogen-bond acceptors (Lipinski definition) is 2.